The van der Waals surface area contributed by atoms with Crippen LogP contribution < -0.4 is 10.6 Å². The quantitative estimate of drug-likeness (QED) is 0.832. The largest absolute Gasteiger partial charge is 0.399 e. The molecule has 104 valence electrons. The zero-order chi connectivity index (χ0) is 13.2. The van der Waals surface area contributed by atoms with E-state index in [4.69, 9.17) is 5.73 Å². The summed E-state index contributed by atoms with van der Waals surface area (Å²) in [6.45, 7) is 4.11. The van der Waals surface area contributed by atoms with Crippen molar-refractivity contribution in [3.63, 3.8) is 0 Å². The minimum absolute atomic E-state index is 0.242. The Balaban J connectivity index is 1.63. The third-order valence-corrected chi connectivity index (χ3v) is 4.43. The number of anilines is 2. The fraction of sp³-hybridized carbons (Fsp3) is 0.600. The molecule has 2 aliphatic rings. The van der Waals surface area contributed by atoms with Crippen LogP contribution in [0.15, 0.2) is 18.2 Å². The highest BCUT2D eigenvalue weighted by Crippen LogP contribution is 2.26. The second-order valence-corrected chi connectivity index (χ2v) is 5.70. The van der Waals surface area contributed by atoms with Gasteiger partial charge in [0, 0.05) is 43.6 Å². The number of rotatable bonds is 2. The molecule has 1 heterocycles. The van der Waals surface area contributed by atoms with Crippen LogP contribution in [0.25, 0.3) is 0 Å². The predicted octanol–water partition coefficient (Wildman–Crippen LogP) is 2.47. The SMILES string of the molecule is Nc1cc(F)cc(N2CCN(C3CCCC3)CC2)c1. The van der Waals surface area contributed by atoms with E-state index in [0.717, 1.165) is 37.9 Å². The fourth-order valence-electron chi connectivity index (χ4n) is 3.39. The van der Waals surface area contributed by atoms with Gasteiger partial charge >= 0.3 is 0 Å². The zero-order valence-corrected chi connectivity index (χ0v) is 11.3. The van der Waals surface area contributed by atoms with Gasteiger partial charge in [-0.1, -0.05) is 12.8 Å². The molecule has 0 radical (unpaired) electrons. The van der Waals surface area contributed by atoms with Crippen molar-refractivity contribution in [1.29, 1.82) is 0 Å². The van der Waals surface area contributed by atoms with Crippen LogP contribution in [0.2, 0.25) is 0 Å². The van der Waals surface area contributed by atoms with Crippen LogP contribution in [-0.4, -0.2) is 37.1 Å². The molecule has 2 fully saturated rings. The number of hydrogen-bond acceptors (Lipinski definition) is 3. The highest BCUT2D eigenvalue weighted by Gasteiger charge is 2.26. The van der Waals surface area contributed by atoms with Crippen molar-refractivity contribution < 1.29 is 4.39 Å². The minimum Gasteiger partial charge on any atom is -0.399 e. The van der Waals surface area contributed by atoms with Crippen molar-refractivity contribution >= 4 is 11.4 Å². The van der Waals surface area contributed by atoms with Gasteiger partial charge in [0.05, 0.1) is 0 Å². The highest BCUT2D eigenvalue weighted by molar-refractivity contribution is 5.56. The molecule has 0 spiro atoms. The van der Waals surface area contributed by atoms with E-state index in [0.29, 0.717) is 5.69 Å². The average Bonchev–Trinajstić information content (AvgIpc) is 2.91. The molecule has 0 amide bonds. The maximum absolute atomic E-state index is 13.4. The Kier molecular flexibility index (Phi) is 3.60. The molecule has 3 nitrogen and oxygen atoms in total. The molecule has 1 aliphatic heterocycles. The Morgan fingerprint density at radius 1 is 1.00 bits per heavy atom. The third kappa shape index (κ3) is 2.84. The molecular weight excluding hydrogens is 241 g/mol. The third-order valence-electron chi connectivity index (χ3n) is 4.43. The summed E-state index contributed by atoms with van der Waals surface area (Å²) in [7, 11) is 0. The molecular formula is C15H22FN3. The molecule has 1 saturated carbocycles. The van der Waals surface area contributed by atoms with Crippen LogP contribution in [-0.2, 0) is 0 Å². The van der Waals surface area contributed by atoms with Gasteiger partial charge in [-0.05, 0) is 31.0 Å². The fourth-order valence-corrected chi connectivity index (χ4v) is 3.39. The summed E-state index contributed by atoms with van der Waals surface area (Å²) in [5.74, 6) is -0.242. The van der Waals surface area contributed by atoms with E-state index in [9.17, 15) is 4.39 Å². The Morgan fingerprint density at radius 2 is 1.68 bits per heavy atom. The summed E-state index contributed by atoms with van der Waals surface area (Å²) in [6.07, 6.45) is 5.47. The van der Waals surface area contributed by atoms with Gasteiger partial charge in [0.2, 0.25) is 0 Å². The van der Waals surface area contributed by atoms with Gasteiger partial charge in [0.15, 0.2) is 0 Å². The molecule has 0 atom stereocenters. The molecule has 4 heteroatoms. The molecule has 0 bridgehead atoms. The second kappa shape index (κ2) is 5.37. The Morgan fingerprint density at radius 3 is 2.32 bits per heavy atom. The van der Waals surface area contributed by atoms with Crippen LogP contribution in [0, 0.1) is 5.82 Å². The van der Waals surface area contributed by atoms with Crippen molar-refractivity contribution in [1.82, 2.24) is 4.90 Å². The molecule has 1 aromatic carbocycles. The normalized spacial score (nSPS) is 22.1. The number of benzene rings is 1. The molecule has 1 aliphatic carbocycles. The van der Waals surface area contributed by atoms with E-state index < -0.39 is 0 Å². The zero-order valence-electron chi connectivity index (χ0n) is 11.3. The summed E-state index contributed by atoms with van der Waals surface area (Å²) in [6, 6.07) is 5.62. The van der Waals surface area contributed by atoms with E-state index in [1.165, 1.54) is 31.7 Å². The van der Waals surface area contributed by atoms with Gasteiger partial charge in [-0.2, -0.15) is 0 Å². The molecule has 2 N–H and O–H groups in total. The lowest BCUT2D eigenvalue weighted by molar-refractivity contribution is 0.187. The maximum Gasteiger partial charge on any atom is 0.127 e. The standard InChI is InChI=1S/C15H22FN3/c16-12-9-13(17)11-15(10-12)19-7-5-18(6-8-19)14-3-1-2-4-14/h9-11,14H,1-8,17H2. The van der Waals surface area contributed by atoms with Gasteiger partial charge in [-0.3, -0.25) is 4.90 Å². The summed E-state index contributed by atoms with van der Waals surface area (Å²) in [5, 5.41) is 0. The predicted molar refractivity (Wildman–Crippen MR) is 76.9 cm³/mol. The minimum atomic E-state index is -0.242. The number of hydrogen-bond donors (Lipinski definition) is 1. The number of nitrogens with zero attached hydrogens (tertiary/aromatic N) is 2. The highest BCUT2D eigenvalue weighted by atomic mass is 19.1. The lowest BCUT2D eigenvalue weighted by Crippen LogP contribution is -2.49. The van der Waals surface area contributed by atoms with E-state index >= 15 is 0 Å². The van der Waals surface area contributed by atoms with Crippen LogP contribution in [0.1, 0.15) is 25.7 Å². The lowest BCUT2D eigenvalue weighted by atomic mass is 10.1. The van der Waals surface area contributed by atoms with Crippen molar-refractivity contribution in [2.24, 2.45) is 0 Å². The molecule has 3 rings (SSSR count). The van der Waals surface area contributed by atoms with Gasteiger partial charge in [0.1, 0.15) is 5.82 Å². The smallest absolute Gasteiger partial charge is 0.127 e. The van der Waals surface area contributed by atoms with E-state index in [-0.39, 0.29) is 5.82 Å². The number of nitrogens with two attached hydrogens (primary N) is 1. The number of piperazine rings is 1. The second-order valence-electron chi connectivity index (χ2n) is 5.70. The van der Waals surface area contributed by atoms with Gasteiger partial charge < -0.3 is 10.6 Å². The Hall–Kier alpha value is -1.29. The van der Waals surface area contributed by atoms with Crippen molar-refractivity contribution in [2.45, 2.75) is 31.7 Å². The van der Waals surface area contributed by atoms with Gasteiger partial charge in [-0.25, -0.2) is 4.39 Å². The van der Waals surface area contributed by atoms with Crippen molar-refractivity contribution in [2.75, 3.05) is 36.8 Å². The molecule has 19 heavy (non-hydrogen) atoms. The first kappa shape index (κ1) is 12.7. The molecule has 0 aromatic heterocycles. The summed E-state index contributed by atoms with van der Waals surface area (Å²) in [5.41, 5.74) is 7.14. The van der Waals surface area contributed by atoms with Crippen LogP contribution in [0.4, 0.5) is 15.8 Å². The van der Waals surface area contributed by atoms with E-state index in [1.54, 1.807) is 6.07 Å². The van der Waals surface area contributed by atoms with Gasteiger partial charge in [-0.15, -0.1) is 0 Å². The number of nitrogen functional groups attached to an aromatic ring is 1. The number of halogens is 1. The Labute approximate surface area is 114 Å². The summed E-state index contributed by atoms with van der Waals surface area (Å²) < 4.78 is 13.4. The van der Waals surface area contributed by atoms with Crippen molar-refractivity contribution in [3.8, 4) is 0 Å². The molecule has 1 saturated heterocycles. The van der Waals surface area contributed by atoms with Crippen molar-refractivity contribution in [3.05, 3.63) is 24.0 Å². The van der Waals surface area contributed by atoms with Crippen LogP contribution in [0.5, 0.6) is 0 Å². The summed E-state index contributed by atoms with van der Waals surface area (Å²) in [4.78, 5) is 4.84. The monoisotopic (exact) mass is 263 g/mol. The van der Waals surface area contributed by atoms with Gasteiger partial charge in [0.25, 0.3) is 0 Å². The maximum atomic E-state index is 13.4. The van der Waals surface area contributed by atoms with E-state index in [2.05, 4.69) is 9.80 Å². The Bertz CT molecular complexity index is 415. The van der Waals surface area contributed by atoms with Crippen LogP contribution in [0.3, 0.4) is 0 Å². The van der Waals surface area contributed by atoms with Crippen LogP contribution >= 0.6 is 0 Å². The average molecular weight is 263 g/mol. The summed E-state index contributed by atoms with van der Waals surface area (Å²) >= 11 is 0. The first-order chi connectivity index (χ1) is 9.22. The first-order valence-corrected chi connectivity index (χ1v) is 7.27. The van der Waals surface area contributed by atoms with E-state index in [1.807, 2.05) is 6.07 Å². The molecule has 0 unspecified atom stereocenters. The first-order valence-electron chi connectivity index (χ1n) is 7.27. The topological polar surface area (TPSA) is 32.5 Å². The lowest BCUT2D eigenvalue weighted by Gasteiger charge is -2.39. The molecule has 1 aromatic rings.